The van der Waals surface area contributed by atoms with Crippen LogP contribution in [0, 0.1) is 0 Å². The fourth-order valence-corrected chi connectivity index (χ4v) is 6.45. The summed E-state index contributed by atoms with van der Waals surface area (Å²) in [4.78, 5) is 14.6. The van der Waals surface area contributed by atoms with Crippen molar-refractivity contribution in [1.29, 1.82) is 0 Å². The minimum atomic E-state index is 0.0195. The van der Waals surface area contributed by atoms with Crippen molar-refractivity contribution in [2.75, 3.05) is 27.2 Å². The molecule has 3 unspecified atom stereocenters. The lowest BCUT2D eigenvalue weighted by atomic mass is 10.00. The summed E-state index contributed by atoms with van der Waals surface area (Å²) >= 11 is 9.90. The van der Waals surface area contributed by atoms with Crippen LogP contribution in [0.2, 0.25) is 5.02 Å². The average molecular weight is 429 g/mol. The standard InChI is InChI=1S/C21H33ClN2OS2/c1-16(21(25)23-13-6-14-24(2)3)27-20-8-5-4-7-19(20)26-15-17-9-11-18(22)12-10-17/h9-12,16,19-20H,4-8,13-15H2,1-3H3,(H,23,25). The van der Waals surface area contributed by atoms with Crippen LogP contribution in [-0.2, 0) is 10.5 Å². The van der Waals surface area contributed by atoms with Crippen molar-refractivity contribution >= 4 is 41.0 Å². The van der Waals surface area contributed by atoms with E-state index >= 15 is 0 Å². The van der Waals surface area contributed by atoms with Crippen molar-refractivity contribution in [3.8, 4) is 0 Å². The van der Waals surface area contributed by atoms with E-state index in [0.717, 1.165) is 30.3 Å². The number of benzene rings is 1. The summed E-state index contributed by atoms with van der Waals surface area (Å²) in [5.74, 6) is 1.20. The smallest absolute Gasteiger partial charge is 0.232 e. The van der Waals surface area contributed by atoms with E-state index in [-0.39, 0.29) is 11.2 Å². The molecule has 27 heavy (non-hydrogen) atoms. The van der Waals surface area contributed by atoms with Crippen LogP contribution in [0.1, 0.15) is 44.6 Å². The highest BCUT2D eigenvalue weighted by molar-refractivity contribution is 8.04. The summed E-state index contributed by atoms with van der Waals surface area (Å²) < 4.78 is 0. The Labute approximate surface area is 178 Å². The number of hydrogen-bond acceptors (Lipinski definition) is 4. The second kappa shape index (κ2) is 12.3. The largest absolute Gasteiger partial charge is 0.355 e. The van der Waals surface area contributed by atoms with Gasteiger partial charge in [-0.05, 0) is 64.5 Å². The third-order valence-electron chi connectivity index (χ3n) is 4.85. The number of halogens is 1. The topological polar surface area (TPSA) is 32.3 Å². The van der Waals surface area contributed by atoms with Crippen LogP contribution in [-0.4, -0.2) is 53.7 Å². The van der Waals surface area contributed by atoms with Gasteiger partial charge in [-0.1, -0.05) is 36.6 Å². The maximum Gasteiger partial charge on any atom is 0.232 e. The van der Waals surface area contributed by atoms with Crippen molar-refractivity contribution in [2.24, 2.45) is 0 Å². The van der Waals surface area contributed by atoms with E-state index in [1.807, 2.05) is 35.7 Å². The van der Waals surface area contributed by atoms with Gasteiger partial charge in [0.2, 0.25) is 5.91 Å². The highest BCUT2D eigenvalue weighted by Crippen LogP contribution is 2.39. The second-order valence-corrected chi connectivity index (χ2v) is 10.8. The van der Waals surface area contributed by atoms with Gasteiger partial charge in [-0.15, -0.1) is 11.8 Å². The molecule has 1 N–H and O–H groups in total. The summed E-state index contributed by atoms with van der Waals surface area (Å²) in [6, 6.07) is 8.16. The van der Waals surface area contributed by atoms with E-state index in [1.165, 1.54) is 31.2 Å². The van der Waals surface area contributed by atoms with Gasteiger partial charge in [0.05, 0.1) is 5.25 Å². The van der Waals surface area contributed by atoms with Crippen LogP contribution in [0.5, 0.6) is 0 Å². The third kappa shape index (κ3) is 8.68. The molecule has 1 aromatic carbocycles. The van der Waals surface area contributed by atoms with Crippen LogP contribution in [0.4, 0.5) is 0 Å². The van der Waals surface area contributed by atoms with Crippen molar-refractivity contribution < 1.29 is 4.79 Å². The minimum absolute atomic E-state index is 0.0195. The summed E-state index contributed by atoms with van der Waals surface area (Å²) in [5, 5.41) is 5.11. The maximum atomic E-state index is 12.4. The predicted molar refractivity (Wildman–Crippen MR) is 122 cm³/mol. The van der Waals surface area contributed by atoms with E-state index in [1.54, 1.807) is 0 Å². The number of nitrogens with zero attached hydrogens (tertiary/aromatic N) is 1. The Morgan fingerprint density at radius 2 is 1.89 bits per heavy atom. The molecule has 152 valence electrons. The molecule has 0 heterocycles. The number of thioether (sulfide) groups is 2. The van der Waals surface area contributed by atoms with E-state index in [9.17, 15) is 4.79 Å². The monoisotopic (exact) mass is 428 g/mol. The van der Waals surface area contributed by atoms with Crippen LogP contribution >= 0.6 is 35.1 Å². The van der Waals surface area contributed by atoms with E-state index in [0.29, 0.717) is 10.5 Å². The molecule has 3 nitrogen and oxygen atoms in total. The molecule has 1 aliphatic rings. The quantitative estimate of drug-likeness (QED) is 0.527. The number of nitrogens with one attached hydrogen (secondary N) is 1. The van der Waals surface area contributed by atoms with Gasteiger partial charge in [0, 0.05) is 27.8 Å². The number of amides is 1. The van der Waals surface area contributed by atoms with Gasteiger partial charge in [0.1, 0.15) is 0 Å². The molecule has 0 bridgehead atoms. The van der Waals surface area contributed by atoms with E-state index in [2.05, 4.69) is 43.4 Å². The molecule has 1 saturated carbocycles. The fourth-order valence-electron chi connectivity index (χ4n) is 3.27. The Morgan fingerprint density at radius 1 is 1.22 bits per heavy atom. The van der Waals surface area contributed by atoms with Gasteiger partial charge < -0.3 is 10.2 Å². The zero-order chi connectivity index (χ0) is 19.6. The second-order valence-electron chi connectivity index (χ2n) is 7.52. The lowest BCUT2D eigenvalue weighted by Gasteiger charge is -2.32. The molecule has 1 amide bonds. The molecule has 1 aliphatic carbocycles. The van der Waals surface area contributed by atoms with Gasteiger partial charge in [-0.2, -0.15) is 11.8 Å². The molecule has 6 heteroatoms. The van der Waals surface area contributed by atoms with Crippen LogP contribution in [0.3, 0.4) is 0 Å². The van der Waals surface area contributed by atoms with Gasteiger partial charge in [-0.3, -0.25) is 4.79 Å². The van der Waals surface area contributed by atoms with Crippen LogP contribution in [0.25, 0.3) is 0 Å². The Balaban J connectivity index is 1.77. The summed E-state index contributed by atoms with van der Waals surface area (Å²) in [6.45, 7) is 3.83. The minimum Gasteiger partial charge on any atom is -0.355 e. The highest BCUT2D eigenvalue weighted by atomic mass is 35.5. The number of rotatable bonds is 10. The summed E-state index contributed by atoms with van der Waals surface area (Å²) in [7, 11) is 4.12. The number of carbonyl (C=O) groups excluding carboxylic acids is 1. The molecule has 1 fully saturated rings. The van der Waals surface area contributed by atoms with Gasteiger partial charge >= 0.3 is 0 Å². The van der Waals surface area contributed by atoms with Crippen molar-refractivity contribution in [1.82, 2.24) is 10.2 Å². The Kier molecular flexibility index (Phi) is 10.4. The zero-order valence-electron chi connectivity index (χ0n) is 16.7. The normalized spacial score (nSPS) is 21.2. The Hall–Kier alpha value is -0.360. The molecular formula is C21H33ClN2OS2. The molecular weight excluding hydrogens is 396 g/mol. The van der Waals surface area contributed by atoms with Crippen LogP contribution < -0.4 is 5.32 Å². The third-order valence-corrected chi connectivity index (χ3v) is 8.30. The lowest BCUT2D eigenvalue weighted by Crippen LogP contribution is -2.35. The molecule has 1 aromatic rings. The maximum absolute atomic E-state index is 12.4. The molecule has 0 spiro atoms. The van der Waals surface area contributed by atoms with Crippen LogP contribution in [0.15, 0.2) is 24.3 Å². The first-order valence-electron chi connectivity index (χ1n) is 9.89. The zero-order valence-corrected chi connectivity index (χ0v) is 19.1. The molecule has 0 saturated heterocycles. The average Bonchev–Trinajstić information content (AvgIpc) is 2.65. The van der Waals surface area contributed by atoms with Crippen molar-refractivity contribution in [2.45, 2.75) is 60.5 Å². The lowest BCUT2D eigenvalue weighted by molar-refractivity contribution is -0.120. The van der Waals surface area contributed by atoms with Gasteiger partial charge in [0.15, 0.2) is 0 Å². The van der Waals surface area contributed by atoms with E-state index < -0.39 is 0 Å². The molecule has 2 rings (SSSR count). The number of hydrogen-bond donors (Lipinski definition) is 1. The van der Waals surface area contributed by atoms with Crippen molar-refractivity contribution in [3.63, 3.8) is 0 Å². The SMILES string of the molecule is CC(SC1CCCCC1SCc1ccc(Cl)cc1)C(=O)NCCCN(C)C. The number of carbonyl (C=O) groups is 1. The molecule has 0 aromatic heterocycles. The predicted octanol–water partition coefficient (Wildman–Crippen LogP) is 5.07. The highest BCUT2D eigenvalue weighted by Gasteiger charge is 2.29. The Morgan fingerprint density at radius 3 is 2.56 bits per heavy atom. The van der Waals surface area contributed by atoms with E-state index in [4.69, 9.17) is 11.6 Å². The fraction of sp³-hybridized carbons (Fsp3) is 0.667. The Bertz CT molecular complexity index is 568. The molecule has 3 atom stereocenters. The summed E-state index contributed by atoms with van der Waals surface area (Å²) in [6.07, 6.45) is 6.07. The van der Waals surface area contributed by atoms with Crippen molar-refractivity contribution in [3.05, 3.63) is 34.9 Å². The summed E-state index contributed by atoms with van der Waals surface area (Å²) in [5.41, 5.74) is 1.32. The molecule has 0 aliphatic heterocycles. The van der Waals surface area contributed by atoms with Gasteiger partial charge in [0.25, 0.3) is 0 Å². The first kappa shape index (κ1) is 22.9. The molecule has 0 radical (unpaired) electrons. The first-order chi connectivity index (χ1) is 13.0. The first-order valence-corrected chi connectivity index (χ1v) is 12.3. The van der Waals surface area contributed by atoms with Gasteiger partial charge in [-0.25, -0.2) is 0 Å².